The van der Waals surface area contributed by atoms with Crippen LogP contribution in [0.1, 0.15) is 55.9 Å². The van der Waals surface area contributed by atoms with E-state index in [9.17, 15) is 9.90 Å². The van der Waals surface area contributed by atoms with Crippen LogP contribution in [-0.4, -0.2) is 51.7 Å². The monoisotopic (exact) mass is 484 g/mol. The molecule has 0 saturated carbocycles. The normalized spacial score (nSPS) is 20.9. The molecule has 10 heteroatoms. The number of hydrogen-bond donors (Lipinski definition) is 1. The first-order valence-corrected chi connectivity index (χ1v) is 11.6. The van der Waals surface area contributed by atoms with E-state index in [0.29, 0.717) is 30.0 Å². The molecule has 7 nitrogen and oxygen atoms in total. The minimum Gasteiger partial charge on any atom is -0.478 e. The van der Waals surface area contributed by atoms with Crippen LogP contribution >= 0.6 is 0 Å². The molecule has 2 fully saturated rings. The maximum atomic E-state index is 15.2. The van der Waals surface area contributed by atoms with Crippen molar-refractivity contribution in [3.63, 3.8) is 0 Å². The first-order valence-electron chi connectivity index (χ1n) is 11.6. The van der Waals surface area contributed by atoms with Crippen molar-refractivity contribution < 1.29 is 32.7 Å². The number of carboxylic acids is 1. The van der Waals surface area contributed by atoms with Crippen LogP contribution in [-0.2, 0) is 27.0 Å². The Balaban J connectivity index is 1.49. The van der Waals surface area contributed by atoms with Gasteiger partial charge < -0.3 is 23.7 Å². The third kappa shape index (κ3) is 4.24. The highest BCUT2D eigenvalue weighted by molar-refractivity contribution is 6.62. The molecule has 3 heterocycles. The second kappa shape index (κ2) is 8.39. The molecule has 2 saturated heterocycles. The van der Waals surface area contributed by atoms with Gasteiger partial charge in [0.2, 0.25) is 0 Å². The molecule has 35 heavy (non-hydrogen) atoms. The summed E-state index contributed by atoms with van der Waals surface area (Å²) < 4.78 is 49.6. The van der Waals surface area contributed by atoms with Crippen LogP contribution in [0, 0.1) is 11.6 Å². The van der Waals surface area contributed by atoms with Crippen LogP contribution in [0.15, 0.2) is 30.3 Å². The zero-order chi connectivity index (χ0) is 25.1. The SMILES string of the molecule is CC1(C)OB(c2cc(F)c(Cc3nc4ccc(C(=O)O)cc4n3C[C@@H]3CCO3)cc2F)OC1(C)C. The van der Waals surface area contributed by atoms with Gasteiger partial charge >= 0.3 is 13.1 Å². The molecule has 0 bridgehead atoms. The third-order valence-electron chi connectivity index (χ3n) is 7.28. The number of hydrogen-bond acceptors (Lipinski definition) is 5. The van der Waals surface area contributed by atoms with Gasteiger partial charge in [-0.05, 0) is 70.0 Å². The van der Waals surface area contributed by atoms with Gasteiger partial charge in [0.25, 0.3) is 0 Å². The fourth-order valence-corrected chi connectivity index (χ4v) is 4.34. The maximum Gasteiger partial charge on any atom is 0.497 e. The molecule has 0 spiro atoms. The number of halogens is 2. The number of carboxylic acid groups (broad SMARTS) is 1. The van der Waals surface area contributed by atoms with Crippen molar-refractivity contribution in [1.82, 2.24) is 9.55 Å². The number of fused-ring (bicyclic) bond motifs is 1. The lowest BCUT2D eigenvalue weighted by atomic mass is 9.78. The van der Waals surface area contributed by atoms with Crippen LogP contribution in [0.25, 0.3) is 11.0 Å². The molecule has 1 atom stereocenters. The Hall–Kier alpha value is -2.82. The zero-order valence-electron chi connectivity index (χ0n) is 20.1. The van der Waals surface area contributed by atoms with Crippen LogP contribution in [0.5, 0.6) is 0 Å². The molecule has 1 aromatic heterocycles. The fourth-order valence-electron chi connectivity index (χ4n) is 4.34. The molecule has 2 aliphatic heterocycles. The average molecular weight is 484 g/mol. The van der Waals surface area contributed by atoms with Gasteiger partial charge in [-0.15, -0.1) is 0 Å². The fraction of sp³-hybridized carbons (Fsp3) is 0.440. The Morgan fingerprint density at radius 1 is 1.14 bits per heavy atom. The molecule has 2 aromatic carbocycles. The number of aromatic nitrogens is 2. The van der Waals surface area contributed by atoms with Crippen molar-refractivity contribution in [3.05, 3.63) is 58.9 Å². The molecule has 2 aliphatic rings. The predicted octanol–water partition coefficient (Wildman–Crippen LogP) is 3.69. The zero-order valence-corrected chi connectivity index (χ0v) is 20.1. The second-order valence-corrected chi connectivity index (χ2v) is 10.2. The maximum absolute atomic E-state index is 15.2. The molecular weight excluding hydrogens is 457 g/mol. The summed E-state index contributed by atoms with van der Waals surface area (Å²) in [7, 11) is -1.02. The second-order valence-electron chi connectivity index (χ2n) is 10.2. The van der Waals surface area contributed by atoms with Gasteiger partial charge in [0.15, 0.2) is 0 Å². The molecule has 0 unspecified atom stereocenters. The highest BCUT2D eigenvalue weighted by Gasteiger charge is 2.52. The largest absolute Gasteiger partial charge is 0.497 e. The molecular formula is C25H27BF2N2O5. The Morgan fingerprint density at radius 3 is 2.43 bits per heavy atom. The van der Waals surface area contributed by atoms with E-state index in [-0.39, 0.29) is 29.1 Å². The number of carbonyl (C=O) groups is 1. The van der Waals surface area contributed by atoms with E-state index in [1.165, 1.54) is 6.07 Å². The minimum absolute atomic E-state index is 0.00682. The van der Waals surface area contributed by atoms with Crippen molar-refractivity contribution in [2.45, 2.75) is 64.4 Å². The van der Waals surface area contributed by atoms with E-state index in [1.807, 2.05) is 32.3 Å². The highest BCUT2D eigenvalue weighted by Crippen LogP contribution is 2.37. The summed E-state index contributed by atoms with van der Waals surface area (Å²) in [5.74, 6) is -1.77. The van der Waals surface area contributed by atoms with E-state index in [0.717, 1.165) is 18.6 Å². The van der Waals surface area contributed by atoms with Gasteiger partial charge in [-0.25, -0.2) is 18.6 Å². The van der Waals surface area contributed by atoms with Gasteiger partial charge in [-0.2, -0.15) is 0 Å². The molecule has 1 N–H and O–H groups in total. The predicted molar refractivity (Wildman–Crippen MR) is 126 cm³/mol. The van der Waals surface area contributed by atoms with E-state index < -0.39 is 35.9 Å². The quantitative estimate of drug-likeness (QED) is 0.538. The molecule has 0 radical (unpaired) electrons. The van der Waals surface area contributed by atoms with Crippen LogP contribution in [0.3, 0.4) is 0 Å². The summed E-state index contributed by atoms with van der Waals surface area (Å²) in [6, 6.07) is 6.93. The number of ether oxygens (including phenoxy) is 1. The van der Waals surface area contributed by atoms with Crippen LogP contribution in [0.2, 0.25) is 0 Å². The lowest BCUT2D eigenvalue weighted by Crippen LogP contribution is -2.41. The van der Waals surface area contributed by atoms with Crippen LogP contribution in [0.4, 0.5) is 8.78 Å². The van der Waals surface area contributed by atoms with Gasteiger partial charge in [0, 0.05) is 18.5 Å². The summed E-state index contributed by atoms with van der Waals surface area (Å²) >= 11 is 0. The van der Waals surface area contributed by atoms with Crippen molar-refractivity contribution in [1.29, 1.82) is 0 Å². The highest BCUT2D eigenvalue weighted by atomic mass is 19.1. The van der Waals surface area contributed by atoms with Gasteiger partial charge in [0.1, 0.15) is 17.5 Å². The minimum atomic E-state index is -1.05. The van der Waals surface area contributed by atoms with Crippen molar-refractivity contribution >= 4 is 29.6 Å². The van der Waals surface area contributed by atoms with Crippen LogP contribution < -0.4 is 5.46 Å². The lowest BCUT2D eigenvalue weighted by Gasteiger charge is -2.32. The Labute approximate surface area is 202 Å². The van der Waals surface area contributed by atoms with Crippen molar-refractivity contribution in [3.8, 4) is 0 Å². The molecule has 3 aromatic rings. The summed E-state index contributed by atoms with van der Waals surface area (Å²) in [6.45, 7) is 8.51. The van der Waals surface area contributed by atoms with E-state index in [4.69, 9.17) is 14.0 Å². The average Bonchev–Trinajstić information content (AvgIpc) is 3.18. The smallest absolute Gasteiger partial charge is 0.478 e. The van der Waals surface area contributed by atoms with E-state index in [1.54, 1.807) is 12.1 Å². The molecule has 0 amide bonds. The Kier molecular flexibility index (Phi) is 5.73. The van der Waals surface area contributed by atoms with Gasteiger partial charge in [0.05, 0.1) is 40.4 Å². The first kappa shape index (κ1) is 23.9. The number of imidazole rings is 1. The summed E-state index contributed by atoms with van der Waals surface area (Å²) in [6.07, 6.45) is 0.853. The topological polar surface area (TPSA) is 82.8 Å². The number of rotatable bonds is 6. The molecule has 0 aliphatic carbocycles. The van der Waals surface area contributed by atoms with Crippen molar-refractivity contribution in [2.24, 2.45) is 0 Å². The number of aromatic carboxylic acids is 1. The third-order valence-corrected chi connectivity index (χ3v) is 7.28. The van der Waals surface area contributed by atoms with Crippen molar-refractivity contribution in [2.75, 3.05) is 6.61 Å². The van der Waals surface area contributed by atoms with Gasteiger partial charge in [-0.3, -0.25) is 0 Å². The summed E-state index contributed by atoms with van der Waals surface area (Å²) in [5, 5.41) is 9.40. The Morgan fingerprint density at radius 2 is 1.83 bits per heavy atom. The lowest BCUT2D eigenvalue weighted by molar-refractivity contribution is -0.0589. The number of benzene rings is 2. The first-order chi connectivity index (χ1) is 16.4. The number of nitrogens with zero attached hydrogens (tertiary/aromatic N) is 2. The standard InChI is InChI=1S/C25H27BF2N2O5/c1-24(2)25(3,4)35-26(34-24)17-12-18(27)15(9-19(17)28)11-22-29-20-6-5-14(23(31)32)10-21(20)30(22)13-16-7-8-33-16/h5-6,9-10,12,16H,7-8,11,13H2,1-4H3,(H,31,32)/t16-/m0/s1. The summed E-state index contributed by atoms with van der Waals surface area (Å²) in [5.41, 5.74) is 0.109. The molecule has 5 rings (SSSR count). The molecule has 184 valence electrons. The summed E-state index contributed by atoms with van der Waals surface area (Å²) in [4.78, 5) is 16.1. The Bertz CT molecular complexity index is 1300. The van der Waals surface area contributed by atoms with Gasteiger partial charge in [-0.1, -0.05) is 0 Å². The van der Waals surface area contributed by atoms with E-state index >= 15 is 8.78 Å². The van der Waals surface area contributed by atoms with E-state index in [2.05, 4.69) is 4.98 Å².